The summed E-state index contributed by atoms with van der Waals surface area (Å²) in [5, 5.41) is 2.95. The highest BCUT2D eigenvalue weighted by molar-refractivity contribution is 5.93. The fourth-order valence-corrected chi connectivity index (χ4v) is 4.73. The van der Waals surface area contributed by atoms with Crippen LogP contribution in [0.15, 0.2) is 23.1 Å². The fourth-order valence-electron chi connectivity index (χ4n) is 4.73. The zero-order valence-electron chi connectivity index (χ0n) is 17.1. The van der Waals surface area contributed by atoms with Crippen LogP contribution in [-0.4, -0.2) is 64.9 Å². The number of hydrogen-bond acceptors (Lipinski definition) is 4. The maximum absolute atomic E-state index is 12.8. The van der Waals surface area contributed by atoms with Gasteiger partial charge in [-0.05, 0) is 63.0 Å². The lowest BCUT2D eigenvalue weighted by Crippen LogP contribution is -2.46. The molecule has 3 fully saturated rings. The van der Waals surface area contributed by atoms with Gasteiger partial charge in [0.05, 0.1) is 0 Å². The lowest BCUT2D eigenvalue weighted by Gasteiger charge is -2.33. The van der Waals surface area contributed by atoms with Crippen LogP contribution in [0.2, 0.25) is 0 Å². The molecule has 7 heteroatoms. The highest BCUT2D eigenvalue weighted by Crippen LogP contribution is 2.35. The Hall–Kier alpha value is -2.15. The standard InChI is InChI=1S/C22H32N4O3/c27-20(25-11-2-1-3-12-25)13-17-8-9-18(26(17)15-16-6-7-16)14-24-22(29)19-5-4-10-23-21(19)28/h4-5,10,16-18H,1-3,6-9,11-15H2,(H,23,28)(H,24,29)/t17-,18+/m1/s1. The molecule has 2 saturated heterocycles. The number of aromatic nitrogens is 1. The quantitative estimate of drug-likeness (QED) is 0.730. The minimum absolute atomic E-state index is 0.149. The van der Waals surface area contributed by atoms with Gasteiger partial charge >= 0.3 is 0 Å². The van der Waals surface area contributed by atoms with Crippen molar-refractivity contribution < 1.29 is 9.59 Å². The third-order valence-corrected chi connectivity index (χ3v) is 6.62. The maximum atomic E-state index is 12.8. The Morgan fingerprint density at radius 1 is 1.07 bits per heavy atom. The molecule has 2 amide bonds. The van der Waals surface area contributed by atoms with Gasteiger partial charge in [0.15, 0.2) is 0 Å². The summed E-state index contributed by atoms with van der Waals surface area (Å²) < 4.78 is 0. The monoisotopic (exact) mass is 400 g/mol. The average Bonchev–Trinajstić information content (AvgIpc) is 3.49. The number of carbonyl (C=O) groups excluding carboxylic acids is 2. The number of rotatable bonds is 7. The highest BCUT2D eigenvalue weighted by atomic mass is 16.2. The Kier molecular flexibility index (Phi) is 6.33. The molecule has 29 heavy (non-hydrogen) atoms. The first-order valence-electron chi connectivity index (χ1n) is 11.1. The van der Waals surface area contributed by atoms with Gasteiger partial charge < -0.3 is 15.2 Å². The number of hydrogen-bond donors (Lipinski definition) is 2. The van der Waals surface area contributed by atoms with Gasteiger partial charge in [0.1, 0.15) is 5.56 Å². The van der Waals surface area contributed by atoms with Crippen LogP contribution in [0.25, 0.3) is 0 Å². The third-order valence-electron chi connectivity index (χ3n) is 6.62. The molecule has 0 bridgehead atoms. The summed E-state index contributed by atoms with van der Waals surface area (Å²) in [4.78, 5) is 44.1. The lowest BCUT2D eigenvalue weighted by atomic mass is 10.1. The molecule has 7 nitrogen and oxygen atoms in total. The summed E-state index contributed by atoms with van der Waals surface area (Å²) >= 11 is 0. The van der Waals surface area contributed by atoms with Gasteiger partial charge in [-0.1, -0.05) is 0 Å². The second-order valence-electron chi connectivity index (χ2n) is 8.79. The molecule has 2 aliphatic heterocycles. The number of likely N-dealkylation sites (tertiary alicyclic amines) is 2. The van der Waals surface area contributed by atoms with Gasteiger partial charge in [-0.3, -0.25) is 19.3 Å². The van der Waals surface area contributed by atoms with E-state index >= 15 is 0 Å². The van der Waals surface area contributed by atoms with Gasteiger partial charge in [0, 0.05) is 50.9 Å². The molecule has 0 radical (unpaired) electrons. The molecule has 1 aromatic heterocycles. The highest BCUT2D eigenvalue weighted by Gasteiger charge is 2.38. The zero-order valence-corrected chi connectivity index (χ0v) is 17.1. The largest absolute Gasteiger partial charge is 0.350 e. The molecule has 3 aliphatic rings. The molecule has 1 aliphatic carbocycles. The number of H-pyrrole nitrogens is 1. The van der Waals surface area contributed by atoms with Crippen molar-refractivity contribution in [3.63, 3.8) is 0 Å². The van der Waals surface area contributed by atoms with Crippen LogP contribution in [0.5, 0.6) is 0 Å². The summed E-state index contributed by atoms with van der Waals surface area (Å²) in [7, 11) is 0. The first-order chi connectivity index (χ1) is 14.1. The van der Waals surface area contributed by atoms with E-state index in [0.717, 1.165) is 51.2 Å². The molecule has 1 saturated carbocycles. The van der Waals surface area contributed by atoms with Crippen LogP contribution < -0.4 is 10.9 Å². The molecule has 158 valence electrons. The number of pyridine rings is 1. The van der Waals surface area contributed by atoms with Crippen molar-refractivity contribution in [3.8, 4) is 0 Å². The van der Waals surface area contributed by atoms with E-state index < -0.39 is 0 Å². The van der Waals surface area contributed by atoms with Gasteiger partial charge in [-0.25, -0.2) is 0 Å². The molecule has 0 spiro atoms. The average molecular weight is 401 g/mol. The molecule has 0 aromatic carbocycles. The van der Waals surface area contributed by atoms with Crippen LogP contribution in [0, 0.1) is 5.92 Å². The van der Waals surface area contributed by atoms with Crippen LogP contribution in [0.1, 0.15) is 61.7 Å². The number of carbonyl (C=O) groups is 2. The van der Waals surface area contributed by atoms with E-state index in [9.17, 15) is 14.4 Å². The van der Waals surface area contributed by atoms with Gasteiger partial charge in [0.2, 0.25) is 5.91 Å². The second kappa shape index (κ2) is 9.11. The summed E-state index contributed by atoms with van der Waals surface area (Å²) in [6, 6.07) is 3.71. The van der Waals surface area contributed by atoms with E-state index in [4.69, 9.17) is 0 Å². The summed E-state index contributed by atoms with van der Waals surface area (Å²) in [5.74, 6) is 0.693. The van der Waals surface area contributed by atoms with Crippen LogP contribution >= 0.6 is 0 Å². The first kappa shape index (κ1) is 20.1. The first-order valence-corrected chi connectivity index (χ1v) is 11.1. The van der Waals surface area contributed by atoms with E-state index in [1.165, 1.54) is 25.5 Å². The van der Waals surface area contributed by atoms with Crippen molar-refractivity contribution >= 4 is 11.8 Å². The topological polar surface area (TPSA) is 85.5 Å². The summed E-state index contributed by atoms with van der Waals surface area (Å²) in [5.41, 5.74) is -0.215. The molecular formula is C22H32N4O3. The van der Waals surface area contributed by atoms with Crippen LogP contribution in [0.3, 0.4) is 0 Å². The second-order valence-corrected chi connectivity index (χ2v) is 8.79. The zero-order chi connectivity index (χ0) is 20.2. The lowest BCUT2D eigenvalue weighted by molar-refractivity contribution is -0.133. The maximum Gasteiger partial charge on any atom is 0.260 e. The van der Waals surface area contributed by atoms with Crippen molar-refractivity contribution in [1.82, 2.24) is 20.1 Å². The molecule has 3 heterocycles. The van der Waals surface area contributed by atoms with Gasteiger partial charge in [-0.2, -0.15) is 0 Å². The Labute approximate surface area is 171 Å². The van der Waals surface area contributed by atoms with Crippen molar-refractivity contribution in [2.75, 3.05) is 26.2 Å². The predicted molar refractivity (Wildman–Crippen MR) is 111 cm³/mol. The Morgan fingerprint density at radius 2 is 1.83 bits per heavy atom. The number of aromatic amines is 1. The van der Waals surface area contributed by atoms with E-state index in [1.807, 2.05) is 4.90 Å². The van der Waals surface area contributed by atoms with Crippen molar-refractivity contribution in [2.24, 2.45) is 5.92 Å². The van der Waals surface area contributed by atoms with Crippen LogP contribution in [0.4, 0.5) is 0 Å². The minimum atomic E-state index is -0.365. The number of nitrogens with zero attached hydrogens (tertiary/aromatic N) is 2. The Bertz CT molecular complexity index is 782. The SMILES string of the molecule is O=C(NC[C@@H]1CC[C@H](CC(=O)N2CCCCC2)N1CC1CC1)c1ccc[nH]c1=O. The van der Waals surface area contributed by atoms with Gasteiger partial charge in [0.25, 0.3) is 11.5 Å². The van der Waals surface area contributed by atoms with Crippen molar-refractivity contribution in [1.29, 1.82) is 0 Å². The summed E-state index contributed by atoms with van der Waals surface area (Å²) in [6.07, 6.45) is 10.1. The smallest absolute Gasteiger partial charge is 0.260 e. The van der Waals surface area contributed by atoms with Gasteiger partial charge in [-0.15, -0.1) is 0 Å². The molecule has 4 rings (SSSR count). The Balaban J connectivity index is 1.35. The number of piperidine rings is 1. The minimum Gasteiger partial charge on any atom is -0.350 e. The third kappa shape index (κ3) is 5.07. The van der Waals surface area contributed by atoms with E-state index in [1.54, 1.807) is 12.1 Å². The normalized spacial score (nSPS) is 25.2. The number of nitrogens with one attached hydrogen (secondary N) is 2. The van der Waals surface area contributed by atoms with E-state index in [2.05, 4.69) is 15.2 Å². The van der Waals surface area contributed by atoms with Crippen LogP contribution in [-0.2, 0) is 4.79 Å². The van der Waals surface area contributed by atoms with Crippen molar-refractivity contribution in [3.05, 3.63) is 34.2 Å². The molecule has 0 unspecified atom stereocenters. The van der Waals surface area contributed by atoms with E-state index in [-0.39, 0.29) is 35.0 Å². The molecule has 2 N–H and O–H groups in total. The Morgan fingerprint density at radius 3 is 2.55 bits per heavy atom. The van der Waals surface area contributed by atoms with E-state index in [0.29, 0.717) is 13.0 Å². The molecule has 1 aromatic rings. The number of amides is 2. The molecular weight excluding hydrogens is 368 g/mol. The fraction of sp³-hybridized carbons (Fsp3) is 0.682. The predicted octanol–water partition coefficient (Wildman–Crippen LogP) is 1.75. The molecule has 2 atom stereocenters. The van der Waals surface area contributed by atoms with Crippen molar-refractivity contribution in [2.45, 2.75) is 63.5 Å². The summed E-state index contributed by atoms with van der Waals surface area (Å²) in [6.45, 7) is 3.34.